The van der Waals surface area contributed by atoms with E-state index in [2.05, 4.69) is 32.9 Å². The fourth-order valence-corrected chi connectivity index (χ4v) is 2.85. The van der Waals surface area contributed by atoms with Crippen molar-refractivity contribution in [3.05, 3.63) is 35.4 Å². The van der Waals surface area contributed by atoms with Gasteiger partial charge in [-0.25, -0.2) is 0 Å². The Morgan fingerprint density at radius 3 is 2.32 bits per heavy atom. The first-order valence-electron chi connectivity index (χ1n) is 8.31. The Balaban J connectivity index is 1.89. The molecule has 0 spiro atoms. The zero-order chi connectivity index (χ0) is 16.2. The van der Waals surface area contributed by atoms with Crippen molar-refractivity contribution < 1.29 is 9.53 Å². The van der Waals surface area contributed by atoms with E-state index < -0.39 is 0 Å². The summed E-state index contributed by atoms with van der Waals surface area (Å²) in [4.78, 5) is 14.3. The Morgan fingerprint density at radius 2 is 1.77 bits per heavy atom. The Labute approximate surface area is 134 Å². The molecule has 22 heavy (non-hydrogen) atoms. The van der Waals surface area contributed by atoms with Crippen molar-refractivity contribution in [2.45, 2.75) is 45.4 Å². The lowest BCUT2D eigenvalue weighted by Crippen LogP contribution is -2.30. The number of benzene rings is 1. The quantitative estimate of drug-likeness (QED) is 0.845. The zero-order valence-corrected chi connectivity index (χ0v) is 14.4. The van der Waals surface area contributed by atoms with Gasteiger partial charge in [-0.3, -0.25) is 4.79 Å². The van der Waals surface area contributed by atoms with Crippen LogP contribution in [0.5, 0.6) is 0 Å². The Kier molecular flexibility index (Phi) is 5.63. The van der Waals surface area contributed by atoms with Crippen molar-refractivity contribution >= 4 is 5.91 Å². The van der Waals surface area contributed by atoms with Gasteiger partial charge in [0.25, 0.3) is 5.91 Å². The lowest BCUT2D eigenvalue weighted by molar-refractivity contribution is 0.0583. The fourth-order valence-electron chi connectivity index (χ4n) is 2.85. The predicted octanol–water partition coefficient (Wildman–Crippen LogP) is 3.87. The van der Waals surface area contributed by atoms with E-state index in [0.717, 1.165) is 44.6 Å². The fraction of sp³-hybridized carbons (Fsp3) is 0.632. The summed E-state index contributed by atoms with van der Waals surface area (Å²) in [7, 11) is 1.90. The van der Waals surface area contributed by atoms with Crippen LogP contribution in [0.1, 0.15) is 56.0 Å². The van der Waals surface area contributed by atoms with Crippen LogP contribution in [0, 0.1) is 5.92 Å². The molecule has 0 unspecified atom stereocenters. The van der Waals surface area contributed by atoms with E-state index in [1.807, 2.05) is 24.1 Å². The standard InChI is InChI=1S/C19H29NO2/c1-19(2,3)17-7-5-16(6-8-17)18(21)20(4)12-9-15-10-13-22-14-11-15/h5-8,15H,9-14H2,1-4H3. The Morgan fingerprint density at radius 1 is 1.18 bits per heavy atom. The lowest BCUT2D eigenvalue weighted by atomic mass is 9.86. The van der Waals surface area contributed by atoms with E-state index in [0.29, 0.717) is 5.92 Å². The van der Waals surface area contributed by atoms with E-state index in [1.165, 1.54) is 5.56 Å². The van der Waals surface area contributed by atoms with E-state index in [-0.39, 0.29) is 11.3 Å². The Bertz CT molecular complexity index is 481. The summed E-state index contributed by atoms with van der Waals surface area (Å²) >= 11 is 0. The van der Waals surface area contributed by atoms with E-state index >= 15 is 0 Å². The van der Waals surface area contributed by atoms with Crippen LogP contribution in [0.3, 0.4) is 0 Å². The summed E-state index contributed by atoms with van der Waals surface area (Å²) in [5.41, 5.74) is 2.16. The zero-order valence-electron chi connectivity index (χ0n) is 14.4. The molecule has 0 N–H and O–H groups in total. The molecule has 3 nitrogen and oxygen atoms in total. The van der Waals surface area contributed by atoms with Gasteiger partial charge in [-0.15, -0.1) is 0 Å². The molecule has 0 bridgehead atoms. The molecule has 1 aromatic rings. The summed E-state index contributed by atoms with van der Waals surface area (Å²) in [5, 5.41) is 0. The maximum Gasteiger partial charge on any atom is 0.253 e. The topological polar surface area (TPSA) is 29.5 Å². The van der Waals surface area contributed by atoms with Crippen LogP contribution >= 0.6 is 0 Å². The summed E-state index contributed by atoms with van der Waals surface area (Å²) in [6.45, 7) is 9.12. The molecule has 1 aliphatic heterocycles. The van der Waals surface area contributed by atoms with E-state index in [1.54, 1.807) is 0 Å². The number of nitrogens with zero attached hydrogens (tertiary/aromatic N) is 1. The molecule has 2 rings (SSSR count). The molecule has 0 radical (unpaired) electrons. The summed E-state index contributed by atoms with van der Waals surface area (Å²) in [5.74, 6) is 0.819. The van der Waals surface area contributed by atoms with Gasteiger partial charge in [-0.2, -0.15) is 0 Å². The molecule has 3 heteroatoms. The molecular formula is C19H29NO2. The van der Waals surface area contributed by atoms with Crippen LogP contribution in [-0.2, 0) is 10.2 Å². The number of hydrogen-bond donors (Lipinski definition) is 0. The second-order valence-electron chi connectivity index (χ2n) is 7.40. The molecule has 0 saturated carbocycles. The average Bonchev–Trinajstić information content (AvgIpc) is 2.52. The lowest BCUT2D eigenvalue weighted by Gasteiger charge is -2.25. The highest BCUT2D eigenvalue weighted by Crippen LogP contribution is 2.23. The molecule has 1 aliphatic rings. The van der Waals surface area contributed by atoms with Gasteiger partial charge in [0.1, 0.15) is 0 Å². The minimum Gasteiger partial charge on any atom is -0.381 e. The van der Waals surface area contributed by atoms with Gasteiger partial charge in [0.15, 0.2) is 0 Å². The largest absolute Gasteiger partial charge is 0.381 e. The number of carbonyl (C=O) groups is 1. The van der Waals surface area contributed by atoms with Gasteiger partial charge < -0.3 is 9.64 Å². The van der Waals surface area contributed by atoms with Crippen molar-refractivity contribution in [2.75, 3.05) is 26.8 Å². The molecule has 1 fully saturated rings. The highest BCUT2D eigenvalue weighted by Gasteiger charge is 2.18. The molecule has 0 aliphatic carbocycles. The minimum atomic E-state index is 0.118. The second-order valence-corrected chi connectivity index (χ2v) is 7.40. The average molecular weight is 303 g/mol. The SMILES string of the molecule is CN(CCC1CCOCC1)C(=O)c1ccc(C(C)(C)C)cc1. The third kappa shape index (κ3) is 4.57. The number of carbonyl (C=O) groups excluding carboxylic acids is 1. The molecular weight excluding hydrogens is 274 g/mol. The van der Waals surface area contributed by atoms with Gasteiger partial charge in [0.05, 0.1) is 0 Å². The van der Waals surface area contributed by atoms with Crippen molar-refractivity contribution in [2.24, 2.45) is 5.92 Å². The van der Waals surface area contributed by atoms with Crippen LogP contribution in [0.15, 0.2) is 24.3 Å². The van der Waals surface area contributed by atoms with Crippen LogP contribution in [0.2, 0.25) is 0 Å². The third-order valence-corrected chi connectivity index (χ3v) is 4.56. The van der Waals surface area contributed by atoms with Crippen molar-refractivity contribution in [3.63, 3.8) is 0 Å². The van der Waals surface area contributed by atoms with Crippen LogP contribution in [0.25, 0.3) is 0 Å². The molecule has 0 aromatic heterocycles. The van der Waals surface area contributed by atoms with E-state index in [9.17, 15) is 4.79 Å². The maximum atomic E-state index is 12.5. The van der Waals surface area contributed by atoms with Gasteiger partial charge in [0, 0.05) is 32.4 Å². The summed E-state index contributed by atoms with van der Waals surface area (Å²) < 4.78 is 5.38. The number of amides is 1. The van der Waals surface area contributed by atoms with Gasteiger partial charge >= 0.3 is 0 Å². The predicted molar refractivity (Wildman–Crippen MR) is 90.3 cm³/mol. The summed E-state index contributed by atoms with van der Waals surface area (Å²) in [6.07, 6.45) is 3.33. The maximum absolute atomic E-state index is 12.5. The van der Waals surface area contributed by atoms with Crippen LogP contribution in [-0.4, -0.2) is 37.6 Å². The smallest absolute Gasteiger partial charge is 0.253 e. The van der Waals surface area contributed by atoms with E-state index in [4.69, 9.17) is 4.74 Å². The monoisotopic (exact) mass is 303 g/mol. The molecule has 0 atom stereocenters. The first-order chi connectivity index (χ1) is 10.4. The minimum absolute atomic E-state index is 0.118. The van der Waals surface area contributed by atoms with Crippen LogP contribution in [0.4, 0.5) is 0 Å². The number of rotatable bonds is 4. The van der Waals surface area contributed by atoms with Crippen LogP contribution < -0.4 is 0 Å². The van der Waals surface area contributed by atoms with Crippen molar-refractivity contribution in [1.29, 1.82) is 0 Å². The normalized spacial score (nSPS) is 16.5. The molecule has 1 aromatic carbocycles. The van der Waals surface area contributed by atoms with Crippen molar-refractivity contribution in [3.8, 4) is 0 Å². The summed E-state index contributed by atoms with van der Waals surface area (Å²) in [6, 6.07) is 8.04. The van der Waals surface area contributed by atoms with Gasteiger partial charge in [-0.1, -0.05) is 32.9 Å². The first kappa shape index (κ1) is 17.0. The molecule has 122 valence electrons. The van der Waals surface area contributed by atoms with Gasteiger partial charge in [-0.05, 0) is 48.3 Å². The molecule has 1 saturated heterocycles. The van der Waals surface area contributed by atoms with Gasteiger partial charge in [0.2, 0.25) is 0 Å². The number of hydrogen-bond acceptors (Lipinski definition) is 2. The molecule has 1 amide bonds. The Hall–Kier alpha value is -1.35. The van der Waals surface area contributed by atoms with Crippen molar-refractivity contribution in [1.82, 2.24) is 4.90 Å². The molecule has 1 heterocycles. The first-order valence-corrected chi connectivity index (χ1v) is 8.31. The second kappa shape index (κ2) is 7.28. The highest BCUT2D eigenvalue weighted by atomic mass is 16.5. The highest BCUT2D eigenvalue weighted by molar-refractivity contribution is 5.94. The number of ether oxygens (including phenoxy) is 1. The third-order valence-electron chi connectivity index (χ3n) is 4.56.